The number of carbonyl (C=O) groups excluding carboxylic acids is 1. The number of carbonyl (C=O) groups is 2. The van der Waals surface area contributed by atoms with E-state index in [0.717, 1.165) is 40.4 Å². The maximum Gasteiger partial charge on any atom is 0.339 e. The standard InChI is InChI=1S/C27H26N2O6/c1-14-10-22(24-18-7-5-8-19(18)27(33)35-23(24)11-14)34-15(2)25(30)29-21(26(31)32)12-16-13-28-20-9-4-3-6-17(16)20/h3-4,6,9-11,13,15,21,28H,5,7-8,12H2,1-2H3,(H,29,30)(H,31,32). The van der Waals surface area contributed by atoms with Crippen LogP contribution in [-0.4, -0.2) is 34.1 Å². The minimum atomic E-state index is -1.13. The molecule has 2 aromatic carbocycles. The summed E-state index contributed by atoms with van der Waals surface area (Å²) in [6, 6.07) is 10.1. The molecular formula is C27H26N2O6. The smallest absolute Gasteiger partial charge is 0.339 e. The predicted molar refractivity (Wildman–Crippen MR) is 131 cm³/mol. The van der Waals surface area contributed by atoms with Crippen LogP contribution in [0.5, 0.6) is 5.75 Å². The van der Waals surface area contributed by atoms with Gasteiger partial charge in [0.15, 0.2) is 6.10 Å². The zero-order valence-electron chi connectivity index (χ0n) is 19.5. The molecule has 1 amide bonds. The van der Waals surface area contributed by atoms with Gasteiger partial charge in [0.2, 0.25) is 0 Å². The molecule has 2 atom stereocenters. The first-order chi connectivity index (χ1) is 16.8. The molecule has 1 aliphatic rings. The summed E-state index contributed by atoms with van der Waals surface area (Å²) in [6.07, 6.45) is 3.18. The zero-order valence-corrected chi connectivity index (χ0v) is 19.5. The SMILES string of the molecule is Cc1cc(OC(C)C(=O)NC(Cc2c[nH]c3ccccc23)C(=O)O)c2c3c(c(=O)oc2c1)CCC3. The number of aliphatic carboxylic acids is 1. The lowest BCUT2D eigenvalue weighted by atomic mass is 10.0. The number of fused-ring (bicyclic) bond motifs is 4. The molecule has 0 spiro atoms. The molecular weight excluding hydrogens is 448 g/mol. The first-order valence-electron chi connectivity index (χ1n) is 11.7. The third-order valence-corrected chi connectivity index (χ3v) is 6.57. The van der Waals surface area contributed by atoms with E-state index in [9.17, 15) is 19.5 Å². The molecule has 0 saturated heterocycles. The van der Waals surface area contributed by atoms with Gasteiger partial charge < -0.3 is 24.6 Å². The van der Waals surface area contributed by atoms with Crippen LogP contribution in [0.3, 0.4) is 0 Å². The van der Waals surface area contributed by atoms with Gasteiger partial charge in [0.05, 0.1) is 5.39 Å². The zero-order chi connectivity index (χ0) is 24.7. The monoisotopic (exact) mass is 474 g/mol. The van der Waals surface area contributed by atoms with Gasteiger partial charge in [-0.1, -0.05) is 18.2 Å². The average Bonchev–Trinajstić information content (AvgIpc) is 3.46. The summed E-state index contributed by atoms with van der Waals surface area (Å²) >= 11 is 0. The third kappa shape index (κ3) is 4.27. The number of carboxylic acid groups (broad SMARTS) is 1. The molecule has 0 aliphatic heterocycles. The molecule has 0 fully saturated rings. The summed E-state index contributed by atoms with van der Waals surface area (Å²) < 4.78 is 11.6. The highest BCUT2D eigenvalue weighted by molar-refractivity contribution is 5.91. The highest BCUT2D eigenvalue weighted by Gasteiger charge is 2.27. The minimum absolute atomic E-state index is 0.129. The number of amides is 1. The molecule has 3 N–H and O–H groups in total. The number of ether oxygens (including phenoxy) is 1. The fourth-order valence-electron chi connectivity index (χ4n) is 4.85. The van der Waals surface area contributed by atoms with Crippen LogP contribution in [-0.2, 0) is 28.9 Å². The van der Waals surface area contributed by atoms with Gasteiger partial charge in [-0.3, -0.25) is 4.79 Å². The Morgan fingerprint density at radius 3 is 2.77 bits per heavy atom. The van der Waals surface area contributed by atoms with Gasteiger partial charge in [-0.05, 0) is 68.0 Å². The molecule has 0 saturated carbocycles. The van der Waals surface area contributed by atoms with Crippen LogP contribution in [0.25, 0.3) is 21.9 Å². The maximum absolute atomic E-state index is 13.0. The van der Waals surface area contributed by atoms with Crippen molar-refractivity contribution in [2.24, 2.45) is 0 Å². The number of hydrogen-bond acceptors (Lipinski definition) is 5. The summed E-state index contributed by atoms with van der Waals surface area (Å²) in [5.41, 5.74) is 4.20. The molecule has 5 rings (SSSR count). The van der Waals surface area contributed by atoms with Gasteiger partial charge in [0.1, 0.15) is 17.4 Å². The predicted octanol–water partition coefficient (Wildman–Crippen LogP) is 3.65. The molecule has 35 heavy (non-hydrogen) atoms. The van der Waals surface area contributed by atoms with Crippen molar-refractivity contribution in [3.05, 3.63) is 75.3 Å². The van der Waals surface area contributed by atoms with Crippen molar-refractivity contribution in [2.75, 3.05) is 0 Å². The second kappa shape index (κ2) is 8.94. The number of aryl methyl sites for hydroxylation is 2. The summed E-state index contributed by atoms with van der Waals surface area (Å²) in [4.78, 5) is 40.4. The number of carboxylic acids is 1. The molecule has 180 valence electrons. The van der Waals surface area contributed by atoms with Crippen molar-refractivity contribution in [1.82, 2.24) is 10.3 Å². The van der Waals surface area contributed by atoms with E-state index in [-0.39, 0.29) is 12.0 Å². The average molecular weight is 475 g/mol. The van der Waals surface area contributed by atoms with Crippen molar-refractivity contribution in [3.8, 4) is 5.75 Å². The number of nitrogens with one attached hydrogen (secondary N) is 2. The summed E-state index contributed by atoms with van der Waals surface area (Å²) in [5.74, 6) is -1.22. The van der Waals surface area contributed by atoms with E-state index >= 15 is 0 Å². The largest absolute Gasteiger partial charge is 0.480 e. The van der Waals surface area contributed by atoms with Gasteiger partial charge >= 0.3 is 11.6 Å². The minimum Gasteiger partial charge on any atom is -0.480 e. The Hall–Kier alpha value is -4.07. The van der Waals surface area contributed by atoms with E-state index in [0.29, 0.717) is 28.7 Å². The maximum atomic E-state index is 13.0. The molecule has 0 bridgehead atoms. The number of aromatic nitrogens is 1. The van der Waals surface area contributed by atoms with Gasteiger partial charge in [-0.2, -0.15) is 0 Å². The van der Waals surface area contributed by atoms with E-state index in [1.165, 1.54) is 0 Å². The van der Waals surface area contributed by atoms with Crippen molar-refractivity contribution >= 4 is 33.7 Å². The van der Waals surface area contributed by atoms with Crippen molar-refractivity contribution < 1.29 is 23.8 Å². The Morgan fingerprint density at radius 2 is 1.97 bits per heavy atom. The quantitative estimate of drug-likeness (QED) is 0.352. The number of rotatable bonds is 7. The molecule has 8 nitrogen and oxygen atoms in total. The fraction of sp³-hybridized carbons (Fsp3) is 0.296. The van der Waals surface area contributed by atoms with Gasteiger partial charge in [0.25, 0.3) is 5.91 Å². The number of benzene rings is 2. The summed E-state index contributed by atoms with van der Waals surface area (Å²) in [7, 11) is 0. The molecule has 2 unspecified atom stereocenters. The molecule has 2 aromatic heterocycles. The number of hydrogen-bond donors (Lipinski definition) is 3. The van der Waals surface area contributed by atoms with E-state index < -0.39 is 24.0 Å². The molecule has 1 aliphatic carbocycles. The Balaban J connectivity index is 1.38. The Kier molecular flexibility index (Phi) is 5.80. The van der Waals surface area contributed by atoms with Crippen LogP contribution in [0.1, 0.15) is 35.6 Å². The first kappa shape index (κ1) is 22.7. The molecule has 4 aromatic rings. The van der Waals surface area contributed by atoms with Crippen molar-refractivity contribution in [2.45, 2.75) is 51.7 Å². The summed E-state index contributed by atoms with van der Waals surface area (Å²) in [6.45, 7) is 3.43. The van der Waals surface area contributed by atoms with Crippen LogP contribution in [0.4, 0.5) is 0 Å². The Bertz CT molecular complexity index is 1520. The normalized spacial score (nSPS) is 14.6. The van der Waals surface area contributed by atoms with Crippen LogP contribution in [0.2, 0.25) is 0 Å². The van der Waals surface area contributed by atoms with Gasteiger partial charge in [-0.25, -0.2) is 9.59 Å². The van der Waals surface area contributed by atoms with E-state index in [4.69, 9.17) is 9.15 Å². The third-order valence-electron chi connectivity index (χ3n) is 6.57. The number of para-hydroxylation sites is 1. The fourth-order valence-corrected chi connectivity index (χ4v) is 4.85. The van der Waals surface area contributed by atoms with Crippen LogP contribution in [0.15, 0.2) is 51.8 Å². The molecule has 8 heteroatoms. The van der Waals surface area contributed by atoms with E-state index in [1.54, 1.807) is 19.2 Å². The van der Waals surface area contributed by atoms with Gasteiger partial charge in [0, 0.05) is 29.1 Å². The lowest BCUT2D eigenvalue weighted by Crippen LogP contribution is -2.47. The highest BCUT2D eigenvalue weighted by atomic mass is 16.5. The van der Waals surface area contributed by atoms with Crippen LogP contribution < -0.4 is 15.7 Å². The van der Waals surface area contributed by atoms with Gasteiger partial charge in [-0.15, -0.1) is 0 Å². The molecule has 0 radical (unpaired) electrons. The second-order valence-corrected chi connectivity index (χ2v) is 9.06. The lowest BCUT2D eigenvalue weighted by molar-refractivity contribution is -0.142. The van der Waals surface area contributed by atoms with Crippen molar-refractivity contribution in [3.63, 3.8) is 0 Å². The number of H-pyrrole nitrogens is 1. The molecule has 2 heterocycles. The topological polar surface area (TPSA) is 122 Å². The highest BCUT2D eigenvalue weighted by Crippen LogP contribution is 2.35. The Morgan fingerprint density at radius 1 is 1.20 bits per heavy atom. The van der Waals surface area contributed by atoms with Crippen LogP contribution in [0, 0.1) is 6.92 Å². The number of aromatic amines is 1. The van der Waals surface area contributed by atoms with E-state index in [2.05, 4.69) is 10.3 Å². The first-order valence-corrected chi connectivity index (χ1v) is 11.7. The lowest BCUT2D eigenvalue weighted by Gasteiger charge is -2.20. The Labute approximate surface area is 200 Å². The van der Waals surface area contributed by atoms with E-state index in [1.807, 2.05) is 37.3 Å². The van der Waals surface area contributed by atoms with Crippen LogP contribution >= 0.6 is 0 Å². The van der Waals surface area contributed by atoms with Crippen molar-refractivity contribution in [1.29, 1.82) is 0 Å². The second-order valence-electron chi connectivity index (χ2n) is 9.06. The summed E-state index contributed by atoms with van der Waals surface area (Å²) in [5, 5.41) is 14.0.